The van der Waals surface area contributed by atoms with Gasteiger partial charge in [-0.2, -0.15) is 0 Å². The highest BCUT2D eigenvalue weighted by Crippen LogP contribution is 2.16. The summed E-state index contributed by atoms with van der Waals surface area (Å²) in [5, 5.41) is 13.5. The van der Waals surface area contributed by atoms with E-state index in [0.29, 0.717) is 16.5 Å². The minimum Gasteiger partial charge on any atom is -0.308 e. The maximum Gasteiger partial charge on any atom is 0.325 e. The molecule has 0 unspecified atom stereocenters. The number of imide groups is 1. The van der Waals surface area contributed by atoms with E-state index in [1.54, 1.807) is 28.7 Å². The number of carbonyl (C=O) groups excluding carboxylic acids is 2. The number of hydrogen-bond donors (Lipinski definition) is 2. The smallest absolute Gasteiger partial charge is 0.308 e. The summed E-state index contributed by atoms with van der Waals surface area (Å²) in [5.41, 5.74) is 1.33. The summed E-state index contributed by atoms with van der Waals surface area (Å²) in [6.07, 6.45) is 1.82. The van der Waals surface area contributed by atoms with Crippen LogP contribution in [0.4, 0.5) is 10.5 Å². The van der Waals surface area contributed by atoms with Gasteiger partial charge in [-0.25, -0.2) is 4.79 Å². The standard InChI is InChI=1S/C15H13N5O2S/c21-13(17-14(22)16-11-6-2-1-3-7-11)10-23-15-19-18-12-8-4-5-9-20(12)15/h1-9H,10H2,(H2,16,17,21,22). The quantitative estimate of drug-likeness (QED) is 0.717. The first-order valence-corrected chi connectivity index (χ1v) is 7.79. The van der Waals surface area contributed by atoms with Crippen molar-refractivity contribution < 1.29 is 9.59 Å². The van der Waals surface area contributed by atoms with Crippen molar-refractivity contribution in [3.05, 3.63) is 54.7 Å². The van der Waals surface area contributed by atoms with Crippen LogP contribution < -0.4 is 10.6 Å². The largest absolute Gasteiger partial charge is 0.325 e. The SMILES string of the molecule is O=C(CSc1nnc2ccccn12)NC(=O)Nc1ccccc1. The molecule has 3 aromatic rings. The Bertz CT molecular complexity index is 834. The van der Waals surface area contributed by atoms with Gasteiger partial charge in [0.15, 0.2) is 10.8 Å². The lowest BCUT2D eigenvalue weighted by molar-refractivity contribution is -0.117. The first kappa shape index (κ1) is 15.0. The molecular weight excluding hydrogens is 314 g/mol. The zero-order valence-electron chi connectivity index (χ0n) is 12.0. The summed E-state index contributed by atoms with van der Waals surface area (Å²) in [6, 6.07) is 13.9. The van der Waals surface area contributed by atoms with Gasteiger partial charge in [-0.05, 0) is 24.3 Å². The number of benzene rings is 1. The average Bonchev–Trinajstić information content (AvgIpc) is 2.97. The lowest BCUT2D eigenvalue weighted by Crippen LogP contribution is -2.35. The van der Waals surface area contributed by atoms with Crippen LogP contribution in [0.3, 0.4) is 0 Å². The second-order valence-corrected chi connectivity index (χ2v) is 5.51. The van der Waals surface area contributed by atoms with Gasteiger partial charge < -0.3 is 5.32 Å². The number of hydrogen-bond acceptors (Lipinski definition) is 5. The van der Waals surface area contributed by atoms with Crippen LogP contribution in [0.25, 0.3) is 5.65 Å². The Morgan fingerprint density at radius 3 is 2.65 bits per heavy atom. The summed E-state index contributed by atoms with van der Waals surface area (Å²) in [6.45, 7) is 0. The number of thioether (sulfide) groups is 1. The van der Waals surface area contributed by atoms with Crippen LogP contribution >= 0.6 is 11.8 Å². The Balaban J connectivity index is 1.52. The molecule has 0 aliphatic carbocycles. The third-order valence-electron chi connectivity index (χ3n) is 2.90. The molecule has 0 bridgehead atoms. The molecule has 2 N–H and O–H groups in total. The van der Waals surface area contributed by atoms with Crippen molar-refractivity contribution in [3.63, 3.8) is 0 Å². The normalized spacial score (nSPS) is 10.4. The Morgan fingerprint density at radius 1 is 1.04 bits per heavy atom. The van der Waals surface area contributed by atoms with Gasteiger partial charge in [-0.3, -0.25) is 14.5 Å². The number of aromatic nitrogens is 3. The van der Waals surface area contributed by atoms with Crippen LogP contribution in [0.5, 0.6) is 0 Å². The van der Waals surface area contributed by atoms with Gasteiger partial charge in [0.2, 0.25) is 5.91 Å². The van der Waals surface area contributed by atoms with Gasteiger partial charge in [0.05, 0.1) is 5.75 Å². The maximum absolute atomic E-state index is 11.8. The molecule has 0 fully saturated rings. The fraction of sp³-hybridized carbons (Fsp3) is 0.0667. The first-order chi connectivity index (χ1) is 11.2. The summed E-state index contributed by atoms with van der Waals surface area (Å²) in [7, 11) is 0. The zero-order valence-corrected chi connectivity index (χ0v) is 12.8. The minimum absolute atomic E-state index is 0.0674. The number of nitrogens with zero attached hydrogens (tertiary/aromatic N) is 3. The van der Waals surface area contributed by atoms with E-state index < -0.39 is 11.9 Å². The fourth-order valence-corrected chi connectivity index (χ4v) is 2.62. The monoisotopic (exact) mass is 327 g/mol. The van der Waals surface area contributed by atoms with Gasteiger partial charge >= 0.3 is 6.03 Å². The van der Waals surface area contributed by atoms with Gasteiger partial charge in [0.25, 0.3) is 0 Å². The fourth-order valence-electron chi connectivity index (χ4n) is 1.89. The zero-order chi connectivity index (χ0) is 16.1. The van der Waals surface area contributed by atoms with E-state index in [9.17, 15) is 9.59 Å². The minimum atomic E-state index is -0.562. The number of anilines is 1. The predicted octanol–water partition coefficient (Wildman–Crippen LogP) is 2.17. The molecule has 7 nitrogen and oxygen atoms in total. The molecule has 2 aromatic heterocycles. The van der Waals surface area contributed by atoms with Gasteiger partial charge in [-0.15, -0.1) is 10.2 Å². The highest BCUT2D eigenvalue weighted by molar-refractivity contribution is 7.99. The van der Waals surface area contributed by atoms with Crippen molar-refractivity contribution in [1.29, 1.82) is 0 Å². The molecule has 0 aliphatic heterocycles. The molecule has 1 aromatic carbocycles. The van der Waals surface area contributed by atoms with E-state index in [4.69, 9.17) is 0 Å². The average molecular weight is 327 g/mol. The molecule has 0 aliphatic rings. The highest BCUT2D eigenvalue weighted by Gasteiger charge is 2.11. The number of fused-ring (bicyclic) bond motifs is 1. The second-order valence-electron chi connectivity index (χ2n) is 4.57. The number of para-hydroxylation sites is 1. The molecule has 0 saturated heterocycles. The first-order valence-electron chi connectivity index (χ1n) is 6.81. The van der Waals surface area contributed by atoms with E-state index >= 15 is 0 Å². The molecule has 8 heteroatoms. The number of rotatable bonds is 4. The van der Waals surface area contributed by atoms with Crippen LogP contribution in [-0.2, 0) is 4.79 Å². The van der Waals surface area contributed by atoms with Crippen molar-refractivity contribution in [2.24, 2.45) is 0 Å². The third kappa shape index (κ3) is 3.86. The van der Waals surface area contributed by atoms with Gasteiger partial charge in [0, 0.05) is 11.9 Å². The van der Waals surface area contributed by atoms with Crippen LogP contribution in [-0.4, -0.2) is 32.3 Å². The summed E-state index contributed by atoms with van der Waals surface area (Å²) < 4.78 is 1.78. The predicted molar refractivity (Wildman–Crippen MR) is 87.3 cm³/mol. The van der Waals surface area contributed by atoms with Crippen molar-refractivity contribution in [1.82, 2.24) is 19.9 Å². The number of nitrogens with one attached hydrogen (secondary N) is 2. The Morgan fingerprint density at radius 2 is 1.83 bits per heavy atom. The van der Waals surface area contributed by atoms with E-state index in [2.05, 4.69) is 20.8 Å². The summed E-state index contributed by atoms with van der Waals surface area (Å²) in [4.78, 5) is 23.5. The Labute approximate surface area is 136 Å². The highest BCUT2D eigenvalue weighted by atomic mass is 32.2. The van der Waals surface area contributed by atoms with Gasteiger partial charge in [0.1, 0.15) is 0 Å². The van der Waals surface area contributed by atoms with E-state index in [1.807, 2.05) is 30.5 Å². The van der Waals surface area contributed by atoms with Crippen LogP contribution in [0.2, 0.25) is 0 Å². The lowest BCUT2D eigenvalue weighted by Gasteiger charge is -2.06. The van der Waals surface area contributed by atoms with Crippen LogP contribution in [0, 0.1) is 0 Å². The van der Waals surface area contributed by atoms with Crippen molar-refractivity contribution in [2.45, 2.75) is 5.16 Å². The van der Waals surface area contributed by atoms with E-state index in [1.165, 1.54) is 11.8 Å². The maximum atomic E-state index is 11.8. The van der Waals surface area contributed by atoms with E-state index in [0.717, 1.165) is 0 Å². The number of carbonyl (C=O) groups is 2. The molecule has 116 valence electrons. The van der Waals surface area contributed by atoms with Crippen LogP contribution in [0.1, 0.15) is 0 Å². The summed E-state index contributed by atoms with van der Waals surface area (Å²) >= 11 is 1.21. The lowest BCUT2D eigenvalue weighted by atomic mass is 10.3. The molecule has 0 saturated carbocycles. The van der Waals surface area contributed by atoms with Crippen LogP contribution in [0.15, 0.2) is 59.9 Å². The topological polar surface area (TPSA) is 88.4 Å². The van der Waals surface area contributed by atoms with Gasteiger partial charge in [-0.1, -0.05) is 36.0 Å². The number of pyridine rings is 1. The Kier molecular flexibility index (Phi) is 4.53. The molecular formula is C15H13N5O2S. The molecule has 3 rings (SSSR count). The number of urea groups is 1. The third-order valence-corrected chi connectivity index (χ3v) is 3.84. The van der Waals surface area contributed by atoms with Crippen molar-refractivity contribution >= 4 is 35.0 Å². The summed E-state index contributed by atoms with van der Waals surface area (Å²) in [5.74, 6) is -0.339. The molecule has 23 heavy (non-hydrogen) atoms. The Hall–Kier alpha value is -2.87. The number of amides is 3. The van der Waals surface area contributed by atoms with E-state index in [-0.39, 0.29) is 5.75 Å². The molecule has 3 amide bonds. The van der Waals surface area contributed by atoms with Crippen molar-refractivity contribution in [2.75, 3.05) is 11.1 Å². The molecule has 0 radical (unpaired) electrons. The molecule has 0 spiro atoms. The second kappa shape index (κ2) is 6.93. The molecule has 2 heterocycles. The molecule has 0 atom stereocenters. The van der Waals surface area contributed by atoms with Crippen molar-refractivity contribution in [3.8, 4) is 0 Å².